The summed E-state index contributed by atoms with van der Waals surface area (Å²) < 4.78 is 11.8. The quantitative estimate of drug-likeness (QED) is 0.614. The van der Waals surface area contributed by atoms with Gasteiger partial charge in [0, 0.05) is 23.4 Å². The number of hydrogen-bond donors (Lipinski definition) is 2. The van der Waals surface area contributed by atoms with E-state index in [-0.39, 0.29) is 0 Å². The molecule has 0 radical (unpaired) electrons. The Kier molecular flexibility index (Phi) is 4.09. The van der Waals surface area contributed by atoms with Gasteiger partial charge in [-0.15, -0.1) is 0 Å². The molecule has 21 heavy (non-hydrogen) atoms. The Morgan fingerprint density at radius 2 is 1.76 bits per heavy atom. The third kappa shape index (κ3) is 2.94. The summed E-state index contributed by atoms with van der Waals surface area (Å²) in [7, 11) is -0.603. The Balaban J connectivity index is 2.26. The average Bonchev–Trinajstić information content (AvgIpc) is 2.66. The van der Waals surface area contributed by atoms with Gasteiger partial charge in [0.15, 0.2) is 6.10 Å². The molecule has 1 aliphatic rings. The summed E-state index contributed by atoms with van der Waals surface area (Å²) in [6.45, 7) is 7.77. The lowest BCUT2D eigenvalue weighted by Gasteiger charge is -2.32. The van der Waals surface area contributed by atoms with Crippen molar-refractivity contribution in [2.45, 2.75) is 51.1 Å². The monoisotopic (exact) mass is 290 g/mol. The van der Waals surface area contributed by atoms with E-state index in [1.54, 1.807) is 18.3 Å². The molecule has 6 nitrogen and oxygen atoms in total. The molecule has 0 spiro atoms. The molecule has 1 aliphatic heterocycles. The van der Waals surface area contributed by atoms with Gasteiger partial charge in [-0.3, -0.25) is 4.98 Å². The van der Waals surface area contributed by atoms with Crippen molar-refractivity contribution in [2.24, 2.45) is 0 Å². The third-order valence-corrected chi connectivity index (χ3v) is 4.08. The van der Waals surface area contributed by atoms with Gasteiger partial charge in [-0.2, -0.15) is 5.26 Å². The van der Waals surface area contributed by atoms with E-state index in [1.165, 1.54) is 6.20 Å². The van der Waals surface area contributed by atoms with Gasteiger partial charge < -0.3 is 19.5 Å². The number of rotatable bonds is 3. The zero-order valence-corrected chi connectivity index (χ0v) is 12.6. The molecule has 7 heteroatoms. The van der Waals surface area contributed by atoms with Crippen LogP contribution in [0.25, 0.3) is 0 Å². The van der Waals surface area contributed by atoms with Gasteiger partial charge in [-0.1, -0.05) is 6.07 Å². The van der Waals surface area contributed by atoms with Gasteiger partial charge in [0.2, 0.25) is 0 Å². The first kappa shape index (κ1) is 15.9. The highest BCUT2D eigenvalue weighted by Crippen LogP contribution is 2.36. The SMILES string of the molecule is CC1(C)OB(c2cncc(C(O)C(O)C#N)c2)OC1(C)C. The molecule has 1 saturated heterocycles. The van der Waals surface area contributed by atoms with Gasteiger partial charge in [0.25, 0.3) is 0 Å². The van der Waals surface area contributed by atoms with Crippen LogP contribution >= 0.6 is 0 Å². The maximum atomic E-state index is 9.87. The zero-order valence-electron chi connectivity index (χ0n) is 12.6. The maximum absolute atomic E-state index is 9.87. The lowest BCUT2D eigenvalue weighted by Crippen LogP contribution is -2.41. The van der Waals surface area contributed by atoms with Gasteiger partial charge in [-0.25, -0.2) is 0 Å². The van der Waals surface area contributed by atoms with Crippen molar-refractivity contribution in [3.05, 3.63) is 24.0 Å². The first-order valence-corrected chi connectivity index (χ1v) is 6.74. The Morgan fingerprint density at radius 3 is 2.29 bits per heavy atom. The molecule has 1 fully saturated rings. The van der Waals surface area contributed by atoms with Crippen LogP contribution in [0, 0.1) is 11.3 Å². The van der Waals surface area contributed by atoms with Crippen LogP contribution in [-0.2, 0) is 9.31 Å². The van der Waals surface area contributed by atoms with Crippen LogP contribution < -0.4 is 5.46 Å². The van der Waals surface area contributed by atoms with Crippen LogP contribution in [0.4, 0.5) is 0 Å². The molecule has 112 valence electrons. The minimum absolute atomic E-state index is 0.344. The normalized spacial score (nSPS) is 22.6. The number of aliphatic hydroxyl groups excluding tert-OH is 2. The largest absolute Gasteiger partial charge is 0.496 e. The number of pyridine rings is 1. The fraction of sp³-hybridized carbons (Fsp3) is 0.571. The molecule has 2 rings (SSSR count). The van der Waals surface area contributed by atoms with E-state index in [9.17, 15) is 10.2 Å². The van der Waals surface area contributed by atoms with Crippen LogP contribution in [-0.4, -0.2) is 39.6 Å². The van der Waals surface area contributed by atoms with Gasteiger partial charge in [0.05, 0.1) is 17.3 Å². The Labute approximate surface area is 124 Å². The van der Waals surface area contributed by atoms with Gasteiger partial charge in [-0.05, 0) is 27.7 Å². The maximum Gasteiger partial charge on any atom is 0.496 e. The Bertz CT molecular complexity index is 554. The predicted octanol–water partition coefficient (Wildman–Crippen LogP) is 0.299. The highest BCUT2D eigenvalue weighted by Gasteiger charge is 2.51. The van der Waals surface area contributed by atoms with Crippen molar-refractivity contribution in [3.63, 3.8) is 0 Å². The van der Waals surface area contributed by atoms with Crippen molar-refractivity contribution >= 4 is 12.6 Å². The van der Waals surface area contributed by atoms with Crippen molar-refractivity contribution in [1.29, 1.82) is 5.26 Å². The Morgan fingerprint density at radius 1 is 1.19 bits per heavy atom. The second kappa shape index (κ2) is 5.39. The minimum Gasteiger partial charge on any atom is -0.399 e. The average molecular weight is 290 g/mol. The molecule has 2 N–H and O–H groups in total. The van der Waals surface area contributed by atoms with E-state index in [0.29, 0.717) is 11.0 Å². The summed E-state index contributed by atoms with van der Waals surface area (Å²) in [5.74, 6) is 0. The van der Waals surface area contributed by atoms with Crippen molar-refractivity contribution < 1.29 is 19.5 Å². The molecule has 2 unspecified atom stereocenters. The van der Waals surface area contributed by atoms with E-state index in [4.69, 9.17) is 14.6 Å². The van der Waals surface area contributed by atoms with Crippen LogP contribution in [0.3, 0.4) is 0 Å². The van der Waals surface area contributed by atoms with E-state index in [2.05, 4.69) is 4.98 Å². The topological polar surface area (TPSA) is 95.6 Å². The fourth-order valence-corrected chi connectivity index (χ4v) is 2.00. The third-order valence-electron chi connectivity index (χ3n) is 4.08. The number of aromatic nitrogens is 1. The first-order valence-electron chi connectivity index (χ1n) is 6.74. The molecule has 2 atom stereocenters. The summed E-state index contributed by atoms with van der Waals surface area (Å²) in [6.07, 6.45) is 0.169. The highest BCUT2D eigenvalue weighted by atomic mass is 16.7. The highest BCUT2D eigenvalue weighted by molar-refractivity contribution is 6.62. The van der Waals surface area contributed by atoms with Crippen molar-refractivity contribution in [3.8, 4) is 6.07 Å². The fourth-order valence-electron chi connectivity index (χ4n) is 2.00. The molecule has 0 aliphatic carbocycles. The number of aliphatic hydroxyl groups is 2. The summed E-state index contributed by atoms with van der Waals surface area (Å²) in [6, 6.07) is 3.22. The molecule has 1 aromatic heterocycles. The Hall–Kier alpha value is -1.46. The smallest absolute Gasteiger partial charge is 0.399 e. The van der Waals surface area contributed by atoms with E-state index >= 15 is 0 Å². The number of hydrogen-bond acceptors (Lipinski definition) is 6. The van der Waals surface area contributed by atoms with Crippen LogP contribution in [0.2, 0.25) is 0 Å². The first-order chi connectivity index (χ1) is 9.68. The van der Waals surface area contributed by atoms with Crippen LogP contribution in [0.5, 0.6) is 0 Å². The lowest BCUT2D eigenvalue weighted by atomic mass is 9.79. The number of nitrogens with zero attached hydrogens (tertiary/aromatic N) is 2. The second-order valence-electron chi connectivity index (χ2n) is 6.16. The van der Waals surface area contributed by atoms with Crippen molar-refractivity contribution in [2.75, 3.05) is 0 Å². The predicted molar refractivity (Wildman–Crippen MR) is 76.5 cm³/mol. The standard InChI is InChI=1S/C14H19BN2O4/c1-13(2)14(3,4)21-15(20-13)10-5-9(7-17-8-10)12(19)11(18)6-16/h5,7-8,11-12,18-19H,1-4H3. The van der Waals surface area contributed by atoms with E-state index in [0.717, 1.165) is 0 Å². The molecule has 1 aromatic rings. The summed E-state index contributed by atoms with van der Waals surface area (Å²) >= 11 is 0. The molecule has 0 aromatic carbocycles. The van der Waals surface area contributed by atoms with Crippen LogP contribution in [0.1, 0.15) is 39.4 Å². The molecular formula is C14H19BN2O4. The molecule has 0 amide bonds. The molecular weight excluding hydrogens is 271 g/mol. The molecule has 0 saturated carbocycles. The molecule has 2 heterocycles. The minimum atomic E-state index is -1.50. The summed E-state index contributed by atoms with van der Waals surface area (Å²) in [4.78, 5) is 4.02. The zero-order chi connectivity index (χ0) is 15.8. The van der Waals surface area contributed by atoms with Gasteiger partial charge in [0.1, 0.15) is 6.10 Å². The lowest BCUT2D eigenvalue weighted by molar-refractivity contribution is 0.00578. The van der Waals surface area contributed by atoms with Crippen molar-refractivity contribution in [1.82, 2.24) is 4.98 Å². The van der Waals surface area contributed by atoms with E-state index < -0.39 is 30.5 Å². The van der Waals surface area contributed by atoms with E-state index in [1.807, 2.05) is 27.7 Å². The second-order valence-corrected chi connectivity index (χ2v) is 6.16. The van der Waals surface area contributed by atoms with Crippen LogP contribution in [0.15, 0.2) is 18.5 Å². The number of nitriles is 1. The van der Waals surface area contributed by atoms with Gasteiger partial charge >= 0.3 is 7.12 Å². The molecule has 0 bridgehead atoms. The summed E-state index contributed by atoms with van der Waals surface area (Å²) in [5.41, 5.74) is 0.0308. The summed E-state index contributed by atoms with van der Waals surface area (Å²) in [5, 5.41) is 27.9.